The molecular weight excluding hydrogens is 349 g/mol. The number of carbonyl (C=O) groups is 2. The van der Waals surface area contributed by atoms with Gasteiger partial charge in [0.05, 0.1) is 5.56 Å². The number of rotatable bonds is 3. The molecule has 0 aliphatic heterocycles. The van der Waals surface area contributed by atoms with E-state index in [1.807, 2.05) is 0 Å². The van der Waals surface area contributed by atoms with Crippen LogP contribution in [0.2, 0.25) is 0 Å². The predicted molar refractivity (Wildman–Crippen MR) is 76.9 cm³/mol. The number of hydrogen-bond donors (Lipinski definition) is 0. The zero-order valence-corrected chi connectivity index (χ0v) is 12.3. The van der Waals surface area contributed by atoms with Gasteiger partial charge in [-0.2, -0.15) is 13.2 Å². The first-order valence-electron chi connectivity index (χ1n) is 5.71. The van der Waals surface area contributed by atoms with E-state index in [1.54, 1.807) is 18.2 Å². The molecule has 0 aromatic heterocycles. The molecule has 0 amide bonds. The second kappa shape index (κ2) is 6.67. The van der Waals surface area contributed by atoms with Crippen molar-refractivity contribution in [1.82, 2.24) is 0 Å². The molecule has 0 atom stereocenters. The van der Waals surface area contributed by atoms with Crippen LogP contribution in [0.5, 0.6) is 0 Å². The van der Waals surface area contributed by atoms with Crippen molar-refractivity contribution in [2.75, 3.05) is 0 Å². The first-order chi connectivity index (χ1) is 9.39. The summed E-state index contributed by atoms with van der Waals surface area (Å²) in [5, 5.41) is 0. The van der Waals surface area contributed by atoms with Crippen molar-refractivity contribution in [3.8, 4) is 0 Å². The van der Waals surface area contributed by atoms with Gasteiger partial charge in [0.1, 0.15) is 0 Å². The molecule has 0 radical (unpaired) electrons. The summed E-state index contributed by atoms with van der Waals surface area (Å²) in [5.41, 5.74) is -0.717. The molecule has 0 bridgehead atoms. The number of ketones is 2. The summed E-state index contributed by atoms with van der Waals surface area (Å²) in [4.78, 5) is 23.7. The van der Waals surface area contributed by atoms with Crippen molar-refractivity contribution < 1.29 is 22.8 Å². The van der Waals surface area contributed by atoms with Crippen LogP contribution in [0.1, 0.15) is 26.3 Å². The lowest BCUT2D eigenvalue weighted by Gasteiger charge is -2.06. The summed E-state index contributed by atoms with van der Waals surface area (Å²) in [6.07, 6.45) is -4.47. The van der Waals surface area contributed by atoms with Gasteiger partial charge in [0, 0.05) is 11.1 Å². The molecule has 110 valence electrons. The SMILES string of the molecule is Br.O=C(C(=O)c1ccc(C(F)(F)F)cc1)c1ccccc1. The Kier molecular flexibility index (Phi) is 5.43. The first kappa shape index (κ1) is 17.1. The summed E-state index contributed by atoms with van der Waals surface area (Å²) in [6.45, 7) is 0. The highest BCUT2D eigenvalue weighted by atomic mass is 79.9. The molecule has 0 spiro atoms. The van der Waals surface area contributed by atoms with Crippen molar-refractivity contribution >= 4 is 28.5 Å². The highest BCUT2D eigenvalue weighted by Gasteiger charge is 2.30. The molecule has 2 aromatic rings. The minimum Gasteiger partial charge on any atom is -0.285 e. The molecule has 0 unspecified atom stereocenters. The van der Waals surface area contributed by atoms with E-state index in [0.29, 0.717) is 0 Å². The lowest BCUT2D eigenvalue weighted by molar-refractivity contribution is -0.137. The molecule has 6 heteroatoms. The molecule has 0 aliphatic carbocycles. The maximum absolute atomic E-state index is 12.4. The second-order valence-corrected chi connectivity index (χ2v) is 4.10. The van der Waals surface area contributed by atoms with E-state index < -0.39 is 23.3 Å². The number of halogens is 4. The van der Waals surface area contributed by atoms with Crippen LogP contribution in [0.25, 0.3) is 0 Å². The van der Waals surface area contributed by atoms with Crippen molar-refractivity contribution in [1.29, 1.82) is 0 Å². The normalized spacial score (nSPS) is 10.6. The van der Waals surface area contributed by atoms with Gasteiger partial charge in [-0.15, -0.1) is 17.0 Å². The highest BCUT2D eigenvalue weighted by Crippen LogP contribution is 2.29. The Balaban J connectivity index is 0.00000220. The molecule has 2 rings (SSSR count). The van der Waals surface area contributed by atoms with Crippen molar-refractivity contribution in [2.45, 2.75) is 6.18 Å². The van der Waals surface area contributed by atoms with Crippen LogP contribution in [-0.4, -0.2) is 11.6 Å². The van der Waals surface area contributed by atoms with Crippen LogP contribution >= 0.6 is 17.0 Å². The molecule has 0 saturated carbocycles. The Hall–Kier alpha value is -1.95. The van der Waals surface area contributed by atoms with Crippen LogP contribution in [0.4, 0.5) is 13.2 Å². The number of carbonyl (C=O) groups excluding carboxylic acids is 2. The third-order valence-electron chi connectivity index (χ3n) is 2.72. The van der Waals surface area contributed by atoms with E-state index in [0.717, 1.165) is 24.3 Å². The average molecular weight is 359 g/mol. The Morgan fingerprint density at radius 2 is 1.14 bits per heavy atom. The molecule has 0 N–H and O–H groups in total. The van der Waals surface area contributed by atoms with Crippen molar-refractivity contribution in [2.24, 2.45) is 0 Å². The fraction of sp³-hybridized carbons (Fsp3) is 0.0667. The zero-order chi connectivity index (χ0) is 14.8. The number of alkyl halides is 3. The Morgan fingerprint density at radius 3 is 1.57 bits per heavy atom. The summed E-state index contributed by atoms with van der Waals surface area (Å²) in [5.74, 6) is -1.57. The second-order valence-electron chi connectivity index (χ2n) is 4.10. The fourth-order valence-corrected chi connectivity index (χ4v) is 1.66. The molecule has 0 heterocycles. The standard InChI is InChI=1S/C15H9F3O2.BrH/c16-15(17,18)12-8-6-11(7-9-12)14(20)13(19)10-4-2-1-3-5-10;/h1-9H;1H. The first-order valence-corrected chi connectivity index (χ1v) is 5.71. The lowest BCUT2D eigenvalue weighted by atomic mass is 10.0. The van der Waals surface area contributed by atoms with E-state index in [2.05, 4.69) is 0 Å². The summed E-state index contributed by atoms with van der Waals surface area (Å²) >= 11 is 0. The maximum atomic E-state index is 12.4. The largest absolute Gasteiger partial charge is 0.416 e. The van der Waals surface area contributed by atoms with Crippen molar-refractivity contribution in [3.63, 3.8) is 0 Å². The van der Waals surface area contributed by atoms with Gasteiger partial charge in [-0.25, -0.2) is 0 Å². The predicted octanol–water partition coefficient (Wildman–Crippen LogP) is 4.35. The van der Waals surface area contributed by atoms with E-state index in [4.69, 9.17) is 0 Å². The molecule has 0 aliphatic rings. The van der Waals surface area contributed by atoms with Gasteiger partial charge in [0.15, 0.2) is 0 Å². The van der Waals surface area contributed by atoms with Crippen molar-refractivity contribution in [3.05, 3.63) is 71.3 Å². The third kappa shape index (κ3) is 4.01. The summed E-state index contributed by atoms with van der Waals surface area (Å²) in [7, 11) is 0. The summed E-state index contributed by atoms with van der Waals surface area (Å²) < 4.78 is 37.2. The van der Waals surface area contributed by atoms with Crippen LogP contribution in [-0.2, 0) is 6.18 Å². The van der Waals surface area contributed by atoms with Gasteiger partial charge in [0.2, 0.25) is 11.6 Å². The minimum absolute atomic E-state index is 0. The topological polar surface area (TPSA) is 34.1 Å². The van der Waals surface area contributed by atoms with Gasteiger partial charge in [-0.05, 0) is 12.1 Å². The van der Waals surface area contributed by atoms with Gasteiger partial charge in [0.25, 0.3) is 0 Å². The van der Waals surface area contributed by atoms with Crippen LogP contribution in [0.3, 0.4) is 0 Å². The molecule has 2 aromatic carbocycles. The third-order valence-corrected chi connectivity index (χ3v) is 2.72. The van der Waals surface area contributed by atoms with Crippen LogP contribution in [0.15, 0.2) is 54.6 Å². The number of benzene rings is 2. The van der Waals surface area contributed by atoms with E-state index in [1.165, 1.54) is 12.1 Å². The molecular formula is C15H10BrF3O2. The van der Waals surface area contributed by atoms with E-state index in [9.17, 15) is 22.8 Å². The van der Waals surface area contributed by atoms with Gasteiger partial charge < -0.3 is 0 Å². The fourth-order valence-electron chi connectivity index (χ4n) is 1.66. The lowest BCUT2D eigenvalue weighted by Crippen LogP contribution is -2.15. The smallest absolute Gasteiger partial charge is 0.285 e. The maximum Gasteiger partial charge on any atom is 0.416 e. The Labute approximate surface area is 129 Å². The highest BCUT2D eigenvalue weighted by molar-refractivity contribution is 8.93. The zero-order valence-electron chi connectivity index (χ0n) is 10.6. The van der Waals surface area contributed by atoms with Crippen LogP contribution < -0.4 is 0 Å². The van der Waals surface area contributed by atoms with Crippen LogP contribution in [0, 0.1) is 0 Å². The Bertz CT molecular complexity index is 634. The van der Waals surface area contributed by atoms with E-state index in [-0.39, 0.29) is 28.1 Å². The van der Waals surface area contributed by atoms with Gasteiger partial charge >= 0.3 is 6.18 Å². The Morgan fingerprint density at radius 1 is 0.714 bits per heavy atom. The van der Waals surface area contributed by atoms with E-state index >= 15 is 0 Å². The molecule has 21 heavy (non-hydrogen) atoms. The summed E-state index contributed by atoms with van der Waals surface area (Å²) in [6, 6.07) is 11.4. The number of Topliss-reactive ketones (excluding diaryl/α,β-unsaturated/α-hetero) is 2. The van der Waals surface area contributed by atoms with Gasteiger partial charge in [-0.1, -0.05) is 42.5 Å². The number of hydrogen-bond acceptors (Lipinski definition) is 2. The molecule has 0 saturated heterocycles. The molecule has 0 fully saturated rings. The van der Waals surface area contributed by atoms with Gasteiger partial charge in [-0.3, -0.25) is 9.59 Å². The monoisotopic (exact) mass is 358 g/mol. The quantitative estimate of drug-likeness (QED) is 0.603. The minimum atomic E-state index is -4.47. The molecule has 2 nitrogen and oxygen atoms in total. The average Bonchev–Trinajstić information content (AvgIpc) is 2.46.